The molecule has 0 fully saturated rings. The molecule has 0 bridgehead atoms. The van der Waals surface area contributed by atoms with Gasteiger partial charge in [-0.2, -0.15) is 0 Å². The summed E-state index contributed by atoms with van der Waals surface area (Å²) in [5.74, 6) is 1.21. The lowest BCUT2D eigenvalue weighted by atomic mass is 10.5. The van der Waals surface area contributed by atoms with Gasteiger partial charge in [0.2, 0.25) is 0 Å². The third kappa shape index (κ3) is 0.980. The quantitative estimate of drug-likeness (QED) is 0.363. The molecule has 1 atom stereocenters. The molecule has 0 aliphatic carbocycles. The average molecular weight is 121 g/mol. The highest BCUT2D eigenvalue weighted by molar-refractivity contribution is 8.61. The number of nitrogens with zero attached hydrogens (tertiary/aromatic N) is 1. The van der Waals surface area contributed by atoms with E-state index in [1.54, 1.807) is 0 Å². The molecule has 0 spiro atoms. The Labute approximate surface area is 45.0 Å². The molecule has 1 nitrogen and oxygen atoms in total. The summed E-state index contributed by atoms with van der Waals surface area (Å²) in [6.07, 6.45) is 1.26. The van der Waals surface area contributed by atoms with Gasteiger partial charge in [0.15, 0.2) is 0 Å². The largest absolute Gasteiger partial charge is 0.255 e. The summed E-state index contributed by atoms with van der Waals surface area (Å²) in [6.45, 7) is 1.05. The van der Waals surface area contributed by atoms with Crippen LogP contribution in [0.4, 0.5) is 0 Å². The van der Waals surface area contributed by atoms with Crippen LogP contribution in [0.1, 0.15) is 6.42 Å². The lowest BCUT2D eigenvalue weighted by Gasteiger charge is -1.78. The van der Waals surface area contributed by atoms with E-state index < -0.39 is 0 Å². The van der Waals surface area contributed by atoms with Gasteiger partial charge in [0, 0.05) is 12.3 Å². The summed E-state index contributed by atoms with van der Waals surface area (Å²) in [6, 6.07) is 0. The normalized spacial score (nSPS) is 33.2. The highest BCUT2D eigenvalue weighted by Crippen LogP contribution is 2.04. The topological polar surface area (TPSA) is 12.4 Å². The van der Waals surface area contributed by atoms with Gasteiger partial charge < -0.3 is 0 Å². The molecule has 0 aromatic carbocycles. The van der Waals surface area contributed by atoms with Gasteiger partial charge in [-0.3, -0.25) is 4.36 Å². The molecule has 3 heteroatoms. The zero-order valence-electron chi connectivity index (χ0n) is 3.42. The van der Waals surface area contributed by atoms with Crippen LogP contribution in [0.25, 0.3) is 0 Å². The highest BCUT2D eigenvalue weighted by atomic mass is 33.1. The van der Waals surface area contributed by atoms with Gasteiger partial charge in [-0.05, 0) is 16.1 Å². The predicted molar refractivity (Wildman–Crippen MR) is 33.1 cm³/mol. The Kier molecular flexibility index (Phi) is 1.54. The molecular formula is C3H7NS2. The summed E-state index contributed by atoms with van der Waals surface area (Å²) in [5.41, 5.74) is 0. The minimum Gasteiger partial charge on any atom is -0.255 e. The minimum absolute atomic E-state index is 0.147. The van der Waals surface area contributed by atoms with E-state index in [0.29, 0.717) is 0 Å². The second-order valence-electron chi connectivity index (χ2n) is 1.25. The molecule has 0 N–H and O–H groups in total. The van der Waals surface area contributed by atoms with Gasteiger partial charge in [-0.1, -0.05) is 11.7 Å². The van der Waals surface area contributed by atoms with E-state index in [4.69, 9.17) is 0 Å². The predicted octanol–water partition coefficient (Wildman–Crippen LogP) is 1.04. The molecule has 0 saturated carbocycles. The summed E-state index contributed by atoms with van der Waals surface area (Å²) >= 11 is 4.15. The molecule has 1 unspecified atom stereocenters. The first kappa shape index (κ1) is 4.65. The van der Waals surface area contributed by atoms with Gasteiger partial charge in [0.25, 0.3) is 0 Å². The molecule has 0 aromatic heterocycles. The maximum Gasteiger partial charge on any atom is 0.0476 e. The minimum atomic E-state index is 0.147. The van der Waals surface area contributed by atoms with Gasteiger partial charge in [0.05, 0.1) is 0 Å². The third-order valence-corrected chi connectivity index (χ3v) is 2.75. The molecule has 0 amide bonds. The van der Waals surface area contributed by atoms with E-state index in [1.165, 1.54) is 12.2 Å². The van der Waals surface area contributed by atoms with Crippen LogP contribution in [-0.2, 0) is 9.72 Å². The van der Waals surface area contributed by atoms with Crippen molar-refractivity contribution in [1.82, 2.24) is 0 Å². The second-order valence-corrected chi connectivity index (χ2v) is 3.86. The molecule has 1 rings (SSSR count). The monoisotopic (exact) mass is 121 g/mol. The Bertz CT molecular complexity index is 78.9. The first-order valence-electron chi connectivity index (χ1n) is 1.97. The van der Waals surface area contributed by atoms with Crippen LogP contribution in [0.3, 0.4) is 0 Å². The van der Waals surface area contributed by atoms with Crippen LogP contribution in [0.5, 0.6) is 0 Å². The van der Waals surface area contributed by atoms with Crippen molar-refractivity contribution in [3.05, 3.63) is 0 Å². The average Bonchev–Trinajstić information content (AvgIpc) is 1.86. The second kappa shape index (κ2) is 1.98. The van der Waals surface area contributed by atoms with E-state index in [1.807, 2.05) is 0 Å². The summed E-state index contributed by atoms with van der Waals surface area (Å²) in [4.78, 5) is 0. The Morgan fingerprint density at radius 3 is 2.67 bits per heavy atom. The van der Waals surface area contributed by atoms with E-state index >= 15 is 0 Å². The smallest absolute Gasteiger partial charge is 0.0476 e. The fraction of sp³-hybridized carbons (Fsp3) is 1.00. The Hall–Kier alpha value is 0.500. The van der Waals surface area contributed by atoms with Crippen molar-refractivity contribution in [2.45, 2.75) is 6.42 Å². The van der Waals surface area contributed by atoms with Gasteiger partial charge in [-0.15, -0.1) is 0 Å². The lowest BCUT2D eigenvalue weighted by molar-refractivity contribution is 0.993. The van der Waals surface area contributed by atoms with Gasteiger partial charge in [-0.25, -0.2) is 0 Å². The summed E-state index contributed by atoms with van der Waals surface area (Å²) in [5, 5.41) is 0. The van der Waals surface area contributed by atoms with Crippen LogP contribution in [0, 0.1) is 0 Å². The van der Waals surface area contributed by atoms with E-state index in [2.05, 4.69) is 16.0 Å². The molecule has 1 aliphatic rings. The highest BCUT2D eigenvalue weighted by Gasteiger charge is 1.96. The van der Waals surface area contributed by atoms with Crippen molar-refractivity contribution in [2.24, 2.45) is 4.36 Å². The van der Waals surface area contributed by atoms with Crippen LogP contribution >= 0.6 is 11.7 Å². The molecule has 1 heterocycles. The Balaban J connectivity index is 2.45. The fourth-order valence-electron chi connectivity index (χ4n) is 0.428. The molecule has 1 aliphatic heterocycles. The van der Waals surface area contributed by atoms with Crippen molar-refractivity contribution in [3.8, 4) is 0 Å². The third-order valence-electron chi connectivity index (χ3n) is 0.725. The van der Waals surface area contributed by atoms with Crippen molar-refractivity contribution >= 4 is 21.4 Å². The number of hydrogen-bond donors (Lipinski definition) is 1. The SMILES string of the molecule is SS1=NCCC1. The van der Waals surface area contributed by atoms with Crippen molar-refractivity contribution in [2.75, 3.05) is 12.3 Å². The Morgan fingerprint density at radius 2 is 2.50 bits per heavy atom. The number of hydrogen-bond acceptors (Lipinski definition) is 1. The van der Waals surface area contributed by atoms with Gasteiger partial charge >= 0.3 is 0 Å². The molecule has 36 valence electrons. The standard InChI is InChI=1S/C3H7NS2/c5-6-3-1-2-4-6/h1-3H2,(H,4,5). The molecule has 0 aromatic rings. The Morgan fingerprint density at radius 1 is 1.67 bits per heavy atom. The van der Waals surface area contributed by atoms with Crippen molar-refractivity contribution in [1.29, 1.82) is 0 Å². The van der Waals surface area contributed by atoms with Crippen LogP contribution in [0.2, 0.25) is 0 Å². The summed E-state index contributed by atoms with van der Waals surface area (Å²) < 4.78 is 4.13. The summed E-state index contributed by atoms with van der Waals surface area (Å²) in [7, 11) is 0.147. The molecule has 0 saturated heterocycles. The van der Waals surface area contributed by atoms with Gasteiger partial charge in [0.1, 0.15) is 0 Å². The molecule has 0 radical (unpaired) electrons. The van der Waals surface area contributed by atoms with Crippen LogP contribution in [0.15, 0.2) is 4.36 Å². The zero-order valence-corrected chi connectivity index (χ0v) is 5.13. The van der Waals surface area contributed by atoms with Crippen molar-refractivity contribution in [3.63, 3.8) is 0 Å². The maximum absolute atomic E-state index is 4.15. The lowest BCUT2D eigenvalue weighted by Crippen LogP contribution is -1.75. The van der Waals surface area contributed by atoms with Crippen LogP contribution in [-0.4, -0.2) is 12.3 Å². The number of rotatable bonds is 0. The molecule has 6 heavy (non-hydrogen) atoms. The van der Waals surface area contributed by atoms with E-state index in [-0.39, 0.29) is 9.72 Å². The van der Waals surface area contributed by atoms with E-state index in [0.717, 1.165) is 6.54 Å². The molecular weight excluding hydrogens is 114 g/mol. The van der Waals surface area contributed by atoms with Crippen LogP contribution < -0.4 is 0 Å². The van der Waals surface area contributed by atoms with E-state index in [9.17, 15) is 0 Å². The first-order chi connectivity index (χ1) is 2.89. The zero-order chi connectivity index (χ0) is 4.41. The fourth-order valence-corrected chi connectivity index (χ4v) is 1.92. The first-order valence-corrected chi connectivity index (χ1v) is 4.37. The van der Waals surface area contributed by atoms with Crippen molar-refractivity contribution < 1.29 is 0 Å². The maximum atomic E-state index is 4.15. The number of thiol groups is 1.